The quantitative estimate of drug-likeness (QED) is 0.479. The molecule has 0 aromatic heterocycles. The predicted octanol–water partition coefficient (Wildman–Crippen LogP) is 0.991. The smallest absolute Gasteiger partial charge is 0.286 e. The lowest BCUT2D eigenvalue weighted by Gasteiger charge is -2.11. The summed E-state index contributed by atoms with van der Waals surface area (Å²) in [6, 6.07) is 0. The minimum atomic E-state index is -4.00. The lowest BCUT2D eigenvalue weighted by atomic mass is 10.5. The van der Waals surface area contributed by atoms with Crippen LogP contribution in [0.4, 0.5) is 0 Å². The van der Waals surface area contributed by atoms with Crippen molar-refractivity contribution < 1.29 is 13.0 Å². The predicted molar refractivity (Wildman–Crippen MR) is 51.5 cm³/mol. The third kappa shape index (κ3) is 4.63. The van der Waals surface area contributed by atoms with E-state index in [1.54, 1.807) is 13.8 Å². The average Bonchev–Trinajstić information content (AvgIpc) is 1.85. The minimum Gasteiger partial charge on any atom is -0.372 e. The zero-order valence-electron chi connectivity index (χ0n) is 6.98. The number of allylic oxidation sites excluding steroid dienone is 1. The van der Waals surface area contributed by atoms with Crippen molar-refractivity contribution in [1.29, 1.82) is 0 Å². The fourth-order valence-corrected chi connectivity index (χ4v) is 1.36. The molecule has 12 heavy (non-hydrogen) atoms. The van der Waals surface area contributed by atoms with Gasteiger partial charge < -0.3 is 5.32 Å². The molecule has 1 atom stereocenters. The molecule has 2 N–H and O–H groups in total. The number of hydrogen-bond donors (Lipinski definition) is 3. The Balaban J connectivity index is 4.31. The number of rotatable bonds is 4. The zero-order chi connectivity index (χ0) is 9.78. The fraction of sp³-hybridized carbons (Fsp3) is 0.667. The van der Waals surface area contributed by atoms with Crippen LogP contribution in [0.1, 0.15) is 20.3 Å². The molecule has 6 heteroatoms. The molecule has 72 valence electrons. The van der Waals surface area contributed by atoms with Gasteiger partial charge in [-0.2, -0.15) is 8.42 Å². The van der Waals surface area contributed by atoms with Crippen molar-refractivity contribution in [2.75, 3.05) is 0 Å². The zero-order valence-corrected chi connectivity index (χ0v) is 8.69. The van der Waals surface area contributed by atoms with Gasteiger partial charge in [0.1, 0.15) is 0 Å². The monoisotopic (exact) mass is 211 g/mol. The van der Waals surface area contributed by atoms with Crippen LogP contribution in [0.2, 0.25) is 0 Å². The molecule has 0 aliphatic rings. The normalized spacial score (nSPS) is 15.8. The van der Waals surface area contributed by atoms with Gasteiger partial charge in [0.15, 0.2) is 5.37 Å². The summed E-state index contributed by atoms with van der Waals surface area (Å²) in [5.74, 6) is 0. The second-order valence-electron chi connectivity index (χ2n) is 2.36. The third-order valence-electron chi connectivity index (χ3n) is 1.21. The summed E-state index contributed by atoms with van der Waals surface area (Å²) >= 11 is 3.93. The number of thiol groups is 1. The van der Waals surface area contributed by atoms with Gasteiger partial charge in [-0.25, -0.2) is 0 Å². The van der Waals surface area contributed by atoms with E-state index in [1.165, 1.54) is 6.20 Å². The first-order chi connectivity index (χ1) is 5.38. The van der Waals surface area contributed by atoms with Gasteiger partial charge in [-0.1, -0.05) is 6.92 Å². The second kappa shape index (κ2) is 4.74. The maximum Gasteiger partial charge on any atom is 0.286 e. The molecule has 0 rings (SSSR count). The molecule has 0 heterocycles. The van der Waals surface area contributed by atoms with E-state index >= 15 is 0 Å². The van der Waals surface area contributed by atoms with E-state index in [0.29, 0.717) is 11.3 Å². The Bertz CT molecular complexity index is 254. The van der Waals surface area contributed by atoms with Crippen molar-refractivity contribution in [3.63, 3.8) is 0 Å². The molecule has 0 aliphatic carbocycles. The standard InChI is InChI=1S/C6H13NO3S2/c1-3-6(12(8,9)10)7-4-5(2)11/h4,6-7,11H,3H2,1-2H3,(H,8,9,10). The molecule has 0 fully saturated rings. The fourth-order valence-electron chi connectivity index (χ4n) is 0.628. The molecule has 0 saturated heterocycles. The topological polar surface area (TPSA) is 66.4 Å². The van der Waals surface area contributed by atoms with Crippen LogP contribution in [-0.4, -0.2) is 18.3 Å². The van der Waals surface area contributed by atoms with Gasteiger partial charge in [-0.05, 0) is 18.2 Å². The van der Waals surface area contributed by atoms with Crippen molar-refractivity contribution in [3.8, 4) is 0 Å². The highest BCUT2D eigenvalue weighted by atomic mass is 32.2. The van der Waals surface area contributed by atoms with Crippen LogP contribution in [0.5, 0.6) is 0 Å². The molecular weight excluding hydrogens is 198 g/mol. The van der Waals surface area contributed by atoms with Crippen molar-refractivity contribution in [3.05, 3.63) is 11.1 Å². The summed E-state index contributed by atoms with van der Waals surface area (Å²) in [7, 11) is -4.00. The van der Waals surface area contributed by atoms with Gasteiger partial charge >= 0.3 is 0 Å². The van der Waals surface area contributed by atoms with E-state index < -0.39 is 15.5 Å². The molecule has 0 aromatic carbocycles. The Kier molecular flexibility index (Phi) is 4.66. The molecule has 0 aromatic rings. The van der Waals surface area contributed by atoms with Crippen LogP contribution in [0, 0.1) is 0 Å². The molecule has 0 spiro atoms. The number of nitrogens with one attached hydrogen (secondary N) is 1. The van der Waals surface area contributed by atoms with Crippen LogP contribution in [0.25, 0.3) is 0 Å². The van der Waals surface area contributed by atoms with Crippen molar-refractivity contribution in [1.82, 2.24) is 5.32 Å². The van der Waals surface area contributed by atoms with Gasteiger partial charge in [-0.3, -0.25) is 4.55 Å². The van der Waals surface area contributed by atoms with Crippen molar-refractivity contribution >= 4 is 22.7 Å². The van der Waals surface area contributed by atoms with Crippen LogP contribution < -0.4 is 5.32 Å². The van der Waals surface area contributed by atoms with Crippen LogP contribution in [0.3, 0.4) is 0 Å². The summed E-state index contributed by atoms with van der Waals surface area (Å²) in [5, 5.41) is 1.59. The van der Waals surface area contributed by atoms with E-state index in [-0.39, 0.29) is 0 Å². The van der Waals surface area contributed by atoms with Gasteiger partial charge in [0.25, 0.3) is 10.1 Å². The average molecular weight is 211 g/mol. The summed E-state index contributed by atoms with van der Waals surface area (Å²) < 4.78 is 29.9. The maximum absolute atomic E-state index is 10.6. The Morgan fingerprint density at radius 2 is 2.25 bits per heavy atom. The molecule has 1 unspecified atom stereocenters. The first-order valence-corrected chi connectivity index (χ1v) is 5.41. The van der Waals surface area contributed by atoms with E-state index in [1.807, 2.05) is 0 Å². The molecular formula is C6H13NO3S2. The summed E-state index contributed by atoms with van der Waals surface area (Å²) in [6.07, 6.45) is 1.74. The summed E-state index contributed by atoms with van der Waals surface area (Å²) in [6.45, 7) is 3.36. The highest BCUT2D eigenvalue weighted by Gasteiger charge is 2.18. The van der Waals surface area contributed by atoms with Crippen LogP contribution >= 0.6 is 12.6 Å². The highest BCUT2D eigenvalue weighted by molar-refractivity contribution is 7.86. The van der Waals surface area contributed by atoms with Crippen molar-refractivity contribution in [2.45, 2.75) is 25.6 Å². The molecule has 0 radical (unpaired) electrons. The Labute approximate surface area is 78.2 Å². The van der Waals surface area contributed by atoms with Crippen LogP contribution in [-0.2, 0) is 10.1 Å². The molecule has 0 bridgehead atoms. The Hall–Kier alpha value is -0.200. The van der Waals surface area contributed by atoms with Gasteiger partial charge in [0.05, 0.1) is 0 Å². The molecule has 0 saturated carbocycles. The summed E-state index contributed by atoms with van der Waals surface area (Å²) in [5.41, 5.74) is 0. The number of hydrogen-bond acceptors (Lipinski definition) is 4. The van der Waals surface area contributed by atoms with Gasteiger partial charge in [0.2, 0.25) is 0 Å². The van der Waals surface area contributed by atoms with Gasteiger partial charge in [0, 0.05) is 6.20 Å². The van der Waals surface area contributed by atoms with E-state index in [0.717, 1.165) is 0 Å². The lowest BCUT2D eigenvalue weighted by molar-refractivity contribution is 0.456. The maximum atomic E-state index is 10.6. The van der Waals surface area contributed by atoms with Gasteiger partial charge in [-0.15, -0.1) is 12.6 Å². The van der Waals surface area contributed by atoms with E-state index in [4.69, 9.17) is 4.55 Å². The largest absolute Gasteiger partial charge is 0.372 e. The Morgan fingerprint density at radius 1 is 1.75 bits per heavy atom. The van der Waals surface area contributed by atoms with Crippen molar-refractivity contribution in [2.24, 2.45) is 0 Å². The first kappa shape index (κ1) is 11.8. The Morgan fingerprint density at radius 3 is 2.50 bits per heavy atom. The molecule has 0 amide bonds. The van der Waals surface area contributed by atoms with E-state index in [9.17, 15) is 8.42 Å². The molecule has 0 aliphatic heterocycles. The highest BCUT2D eigenvalue weighted by Crippen LogP contribution is 2.01. The second-order valence-corrected chi connectivity index (χ2v) is 4.67. The van der Waals surface area contributed by atoms with Crippen LogP contribution in [0.15, 0.2) is 11.1 Å². The third-order valence-corrected chi connectivity index (χ3v) is 2.53. The molecule has 4 nitrogen and oxygen atoms in total. The first-order valence-electron chi connectivity index (χ1n) is 3.46. The van der Waals surface area contributed by atoms with E-state index in [2.05, 4.69) is 17.9 Å². The lowest BCUT2D eigenvalue weighted by Crippen LogP contribution is -2.32. The summed E-state index contributed by atoms with van der Waals surface area (Å²) in [4.78, 5) is 0.650. The SMILES string of the molecule is CCC(NC=C(C)S)S(=O)(=O)O. The minimum absolute atomic E-state index is 0.302.